The smallest absolute Gasteiger partial charge is 0.303 e. The minimum absolute atomic E-state index is 0.333. The molecule has 0 rings (SSSR count). The number of hydrogen-bond donors (Lipinski definition) is 4. The normalized spacial score (nSPS) is 8.46. The highest BCUT2D eigenvalue weighted by atomic mass is 16.4. The Morgan fingerprint density at radius 3 is 0.923 bits per heavy atom. The largest absolute Gasteiger partial charge is 0.481 e. The van der Waals surface area contributed by atoms with E-state index in [0.717, 1.165) is 52.4 Å². The Hall–Kier alpha value is -2.12. The van der Waals surface area contributed by atoms with Crippen molar-refractivity contribution in [2.24, 2.45) is 0 Å². The van der Waals surface area contributed by atoms with Crippen molar-refractivity contribution in [3.05, 3.63) is 0 Å². The fourth-order valence-corrected chi connectivity index (χ4v) is 1.41. The standard InChI is InChI=1S/2C7H14O2.2C2H4O2/c2*1-2-3-4-5-6-7(8)9;2*1-2(3)4/h2*2-6H2,1H3,(H,8,9);2*1H3,(H,3,4). The highest BCUT2D eigenvalue weighted by Crippen LogP contribution is 2.01. The van der Waals surface area contributed by atoms with Gasteiger partial charge in [0.2, 0.25) is 0 Å². The van der Waals surface area contributed by atoms with E-state index in [1.54, 1.807) is 0 Å². The van der Waals surface area contributed by atoms with E-state index in [0.29, 0.717) is 12.8 Å². The molecule has 0 saturated carbocycles. The Labute approximate surface area is 156 Å². The number of hydrogen-bond acceptors (Lipinski definition) is 4. The van der Waals surface area contributed by atoms with Gasteiger partial charge in [0.05, 0.1) is 0 Å². The molecule has 0 aliphatic rings. The summed E-state index contributed by atoms with van der Waals surface area (Å²) in [5.74, 6) is -3.02. The van der Waals surface area contributed by atoms with Gasteiger partial charge in [0.25, 0.3) is 11.9 Å². The summed E-state index contributed by atoms with van der Waals surface area (Å²) in [5, 5.41) is 31.3. The quantitative estimate of drug-likeness (QED) is 0.410. The molecule has 0 atom stereocenters. The van der Waals surface area contributed by atoms with Gasteiger partial charge in [-0.3, -0.25) is 19.2 Å². The second-order valence-corrected chi connectivity index (χ2v) is 5.45. The first-order valence-electron chi connectivity index (χ1n) is 8.83. The third kappa shape index (κ3) is 97.7. The number of rotatable bonds is 10. The molecule has 0 spiro atoms. The van der Waals surface area contributed by atoms with Crippen LogP contribution in [0.5, 0.6) is 0 Å². The Morgan fingerprint density at radius 2 is 0.769 bits per heavy atom. The Kier molecular flexibility index (Phi) is 33.7. The molecule has 0 heterocycles. The predicted molar refractivity (Wildman–Crippen MR) is 99.4 cm³/mol. The Bertz CT molecular complexity index is 311. The van der Waals surface area contributed by atoms with Gasteiger partial charge in [-0.25, -0.2) is 0 Å². The van der Waals surface area contributed by atoms with Gasteiger partial charge in [-0.15, -0.1) is 0 Å². The van der Waals surface area contributed by atoms with Crippen LogP contribution in [0, 0.1) is 0 Å². The zero-order valence-electron chi connectivity index (χ0n) is 16.5. The lowest BCUT2D eigenvalue weighted by molar-refractivity contribution is -0.138. The molecular formula is C18H36O8. The van der Waals surface area contributed by atoms with Gasteiger partial charge in [-0.2, -0.15) is 0 Å². The molecule has 0 aromatic rings. The number of carbonyl (C=O) groups is 4. The summed E-state index contributed by atoms with van der Waals surface area (Å²) in [7, 11) is 0. The monoisotopic (exact) mass is 380 g/mol. The molecule has 0 aliphatic heterocycles. The molecule has 156 valence electrons. The number of carboxylic acid groups (broad SMARTS) is 4. The van der Waals surface area contributed by atoms with Crippen LogP contribution in [0.4, 0.5) is 0 Å². The molecule has 8 heteroatoms. The van der Waals surface area contributed by atoms with E-state index in [1.165, 1.54) is 12.8 Å². The fourth-order valence-electron chi connectivity index (χ4n) is 1.41. The van der Waals surface area contributed by atoms with Crippen molar-refractivity contribution in [2.45, 2.75) is 91.9 Å². The van der Waals surface area contributed by atoms with Gasteiger partial charge in [-0.1, -0.05) is 52.4 Å². The number of unbranched alkanes of at least 4 members (excludes halogenated alkanes) is 6. The predicted octanol–water partition coefficient (Wildman–Crippen LogP) is 4.26. The van der Waals surface area contributed by atoms with E-state index < -0.39 is 23.9 Å². The molecule has 0 aliphatic carbocycles. The first-order chi connectivity index (χ1) is 12.0. The lowest BCUT2D eigenvalue weighted by atomic mass is 10.2. The SMILES string of the molecule is CC(=O)O.CC(=O)O.CCCCCCC(=O)O.CCCCCCC(=O)O. The van der Waals surface area contributed by atoms with Crippen molar-refractivity contribution in [1.29, 1.82) is 0 Å². The molecule has 26 heavy (non-hydrogen) atoms. The second kappa shape index (κ2) is 27.7. The molecule has 8 nitrogen and oxygen atoms in total. The van der Waals surface area contributed by atoms with E-state index in [4.69, 9.17) is 30.0 Å². The Balaban J connectivity index is -0.000000134. The van der Waals surface area contributed by atoms with Crippen LogP contribution in [0.2, 0.25) is 0 Å². The zero-order valence-corrected chi connectivity index (χ0v) is 16.5. The molecule has 0 amide bonds. The minimum Gasteiger partial charge on any atom is -0.481 e. The maximum atomic E-state index is 9.96. The van der Waals surface area contributed by atoms with Crippen LogP contribution in [-0.4, -0.2) is 44.3 Å². The average molecular weight is 380 g/mol. The summed E-state index contributed by atoms with van der Waals surface area (Å²) in [6.07, 6.45) is 9.11. The van der Waals surface area contributed by atoms with Gasteiger partial charge in [0, 0.05) is 26.7 Å². The molecule has 0 saturated heterocycles. The van der Waals surface area contributed by atoms with E-state index in [-0.39, 0.29) is 0 Å². The van der Waals surface area contributed by atoms with Crippen LogP contribution in [-0.2, 0) is 19.2 Å². The summed E-state index contributed by atoms with van der Waals surface area (Å²) in [5.41, 5.74) is 0. The van der Waals surface area contributed by atoms with Crippen LogP contribution in [0.15, 0.2) is 0 Å². The van der Waals surface area contributed by atoms with Gasteiger partial charge in [-0.05, 0) is 12.8 Å². The van der Waals surface area contributed by atoms with Crippen LogP contribution in [0.1, 0.15) is 91.9 Å². The summed E-state index contributed by atoms with van der Waals surface area (Å²) in [6.45, 7) is 6.39. The molecule has 0 aromatic carbocycles. The fraction of sp³-hybridized carbons (Fsp3) is 0.778. The van der Waals surface area contributed by atoms with E-state index >= 15 is 0 Å². The van der Waals surface area contributed by atoms with Crippen molar-refractivity contribution < 1.29 is 39.6 Å². The number of carboxylic acids is 4. The van der Waals surface area contributed by atoms with Crippen LogP contribution in [0.25, 0.3) is 0 Å². The molecule has 4 N–H and O–H groups in total. The van der Waals surface area contributed by atoms with E-state index in [9.17, 15) is 9.59 Å². The Morgan fingerprint density at radius 1 is 0.538 bits per heavy atom. The van der Waals surface area contributed by atoms with Crippen molar-refractivity contribution >= 4 is 23.9 Å². The highest BCUT2D eigenvalue weighted by molar-refractivity contribution is 5.66. The van der Waals surface area contributed by atoms with Crippen LogP contribution < -0.4 is 0 Å². The van der Waals surface area contributed by atoms with Gasteiger partial charge >= 0.3 is 11.9 Å². The molecule has 0 fully saturated rings. The highest BCUT2D eigenvalue weighted by Gasteiger charge is 1.94. The summed E-state index contributed by atoms with van der Waals surface area (Å²) >= 11 is 0. The average Bonchev–Trinajstić information content (AvgIpc) is 2.47. The lowest BCUT2D eigenvalue weighted by Crippen LogP contribution is -1.92. The summed E-state index contributed by atoms with van der Waals surface area (Å²) < 4.78 is 0. The van der Waals surface area contributed by atoms with Crippen molar-refractivity contribution in [3.8, 4) is 0 Å². The maximum absolute atomic E-state index is 9.96. The van der Waals surface area contributed by atoms with Crippen LogP contribution in [0.3, 0.4) is 0 Å². The van der Waals surface area contributed by atoms with Crippen molar-refractivity contribution in [3.63, 3.8) is 0 Å². The first-order valence-corrected chi connectivity index (χ1v) is 8.83. The molecule has 0 aromatic heterocycles. The van der Waals surface area contributed by atoms with Gasteiger partial charge in [0.1, 0.15) is 0 Å². The summed E-state index contributed by atoms with van der Waals surface area (Å²) in [4.78, 5) is 37.9. The first kappa shape index (κ1) is 31.6. The van der Waals surface area contributed by atoms with Crippen molar-refractivity contribution in [1.82, 2.24) is 0 Å². The van der Waals surface area contributed by atoms with Crippen LogP contribution >= 0.6 is 0 Å². The lowest BCUT2D eigenvalue weighted by Gasteiger charge is -1.92. The third-order valence-electron chi connectivity index (χ3n) is 2.49. The minimum atomic E-state index is -0.833. The van der Waals surface area contributed by atoms with E-state index in [2.05, 4.69) is 13.8 Å². The third-order valence-corrected chi connectivity index (χ3v) is 2.49. The summed E-state index contributed by atoms with van der Waals surface area (Å²) in [6, 6.07) is 0. The molecule has 0 radical (unpaired) electrons. The zero-order chi connectivity index (χ0) is 21.4. The molecule has 0 bridgehead atoms. The molecular weight excluding hydrogens is 344 g/mol. The van der Waals surface area contributed by atoms with Crippen molar-refractivity contribution in [2.75, 3.05) is 0 Å². The van der Waals surface area contributed by atoms with E-state index in [1.807, 2.05) is 0 Å². The van der Waals surface area contributed by atoms with Gasteiger partial charge < -0.3 is 20.4 Å². The topological polar surface area (TPSA) is 149 Å². The number of aliphatic carboxylic acids is 4. The molecule has 0 unspecified atom stereocenters. The van der Waals surface area contributed by atoms with Gasteiger partial charge in [0.15, 0.2) is 0 Å². The maximum Gasteiger partial charge on any atom is 0.303 e. The second-order valence-electron chi connectivity index (χ2n) is 5.45.